The highest BCUT2D eigenvalue weighted by Crippen LogP contribution is 2.16. The van der Waals surface area contributed by atoms with Crippen molar-refractivity contribution in [1.29, 1.82) is 0 Å². The van der Waals surface area contributed by atoms with E-state index < -0.39 is 0 Å². The second kappa shape index (κ2) is 3.72. The number of nitrogens with zero attached hydrogens (tertiary/aromatic N) is 2. The van der Waals surface area contributed by atoms with E-state index in [2.05, 4.69) is 5.10 Å². The molecule has 12 heavy (non-hydrogen) atoms. The van der Waals surface area contributed by atoms with E-state index in [9.17, 15) is 4.79 Å². The van der Waals surface area contributed by atoms with Gasteiger partial charge in [-0.2, -0.15) is 5.10 Å². The van der Waals surface area contributed by atoms with Crippen molar-refractivity contribution in [3.05, 3.63) is 16.9 Å². The predicted molar refractivity (Wildman–Crippen MR) is 47.5 cm³/mol. The topological polar surface area (TPSA) is 34.9 Å². The standard InChI is InChI=1S/C8H11ClN2O/c1-3-4-7(12)8-6(9)5-10-11(8)2/h5H,3-4H2,1-2H3. The van der Waals surface area contributed by atoms with Crippen molar-refractivity contribution in [1.82, 2.24) is 9.78 Å². The zero-order chi connectivity index (χ0) is 9.14. The lowest BCUT2D eigenvalue weighted by Gasteiger charge is -1.99. The van der Waals surface area contributed by atoms with Gasteiger partial charge in [0.15, 0.2) is 5.78 Å². The normalized spacial score (nSPS) is 10.2. The molecule has 4 heteroatoms. The zero-order valence-corrected chi connectivity index (χ0v) is 7.93. The van der Waals surface area contributed by atoms with Gasteiger partial charge in [-0.25, -0.2) is 0 Å². The molecule has 0 unspecified atom stereocenters. The fraction of sp³-hybridized carbons (Fsp3) is 0.500. The Balaban J connectivity index is 2.93. The smallest absolute Gasteiger partial charge is 0.182 e. The number of rotatable bonds is 3. The Hall–Kier alpha value is -0.830. The molecule has 0 bridgehead atoms. The highest BCUT2D eigenvalue weighted by atomic mass is 35.5. The number of aromatic nitrogens is 2. The molecule has 0 aromatic carbocycles. The fourth-order valence-electron chi connectivity index (χ4n) is 1.07. The summed E-state index contributed by atoms with van der Waals surface area (Å²) in [6.45, 7) is 1.96. The van der Waals surface area contributed by atoms with E-state index in [0.717, 1.165) is 6.42 Å². The minimum atomic E-state index is 0.0579. The molecule has 0 atom stereocenters. The summed E-state index contributed by atoms with van der Waals surface area (Å²) in [5.41, 5.74) is 0.513. The Labute approximate surface area is 76.3 Å². The first-order chi connectivity index (χ1) is 5.66. The number of halogens is 1. The van der Waals surface area contributed by atoms with Gasteiger partial charge in [0.05, 0.1) is 11.2 Å². The molecule has 0 radical (unpaired) electrons. The summed E-state index contributed by atoms with van der Waals surface area (Å²) in [5.74, 6) is 0.0579. The summed E-state index contributed by atoms with van der Waals surface area (Å²) < 4.78 is 1.51. The third-order valence-corrected chi connectivity index (χ3v) is 1.91. The zero-order valence-electron chi connectivity index (χ0n) is 7.17. The van der Waals surface area contributed by atoms with E-state index >= 15 is 0 Å². The van der Waals surface area contributed by atoms with Gasteiger partial charge in [0, 0.05) is 13.5 Å². The molecule has 0 N–H and O–H groups in total. The molecular weight excluding hydrogens is 176 g/mol. The van der Waals surface area contributed by atoms with Crippen LogP contribution in [-0.2, 0) is 7.05 Å². The quantitative estimate of drug-likeness (QED) is 0.678. The van der Waals surface area contributed by atoms with Crippen LogP contribution >= 0.6 is 11.6 Å². The molecule has 0 fully saturated rings. The van der Waals surface area contributed by atoms with E-state index in [0.29, 0.717) is 17.1 Å². The predicted octanol–water partition coefficient (Wildman–Crippen LogP) is 2.06. The second-order valence-electron chi connectivity index (χ2n) is 2.64. The molecule has 1 rings (SSSR count). The molecule has 1 heterocycles. The maximum absolute atomic E-state index is 11.4. The molecule has 1 aromatic heterocycles. The third kappa shape index (κ3) is 1.67. The number of hydrogen-bond acceptors (Lipinski definition) is 2. The highest BCUT2D eigenvalue weighted by molar-refractivity contribution is 6.33. The maximum Gasteiger partial charge on any atom is 0.182 e. The monoisotopic (exact) mass is 186 g/mol. The van der Waals surface area contributed by atoms with Crippen LogP contribution in [0.1, 0.15) is 30.3 Å². The van der Waals surface area contributed by atoms with E-state index in [1.54, 1.807) is 7.05 Å². The summed E-state index contributed by atoms with van der Waals surface area (Å²) in [5, 5.41) is 4.32. The van der Waals surface area contributed by atoms with Crippen LogP contribution in [0.4, 0.5) is 0 Å². The third-order valence-electron chi connectivity index (χ3n) is 1.64. The van der Waals surface area contributed by atoms with Gasteiger partial charge in [0.2, 0.25) is 0 Å². The Kier molecular flexibility index (Phi) is 2.87. The molecule has 0 saturated heterocycles. The summed E-state index contributed by atoms with van der Waals surface area (Å²) in [7, 11) is 1.72. The van der Waals surface area contributed by atoms with Gasteiger partial charge in [-0.15, -0.1) is 0 Å². The SMILES string of the molecule is CCCC(=O)c1c(Cl)cnn1C. The summed E-state index contributed by atoms with van der Waals surface area (Å²) >= 11 is 5.77. The molecule has 0 spiro atoms. The molecule has 0 saturated carbocycles. The fourth-order valence-corrected chi connectivity index (χ4v) is 1.34. The molecular formula is C8H11ClN2O. The van der Waals surface area contributed by atoms with Gasteiger partial charge in [0.25, 0.3) is 0 Å². The van der Waals surface area contributed by atoms with Crippen LogP contribution in [0.5, 0.6) is 0 Å². The van der Waals surface area contributed by atoms with E-state index in [4.69, 9.17) is 11.6 Å². The van der Waals surface area contributed by atoms with Crippen molar-refractivity contribution >= 4 is 17.4 Å². The lowest BCUT2D eigenvalue weighted by Crippen LogP contribution is -2.06. The van der Waals surface area contributed by atoms with Crippen molar-refractivity contribution in [3.63, 3.8) is 0 Å². The Bertz CT molecular complexity index is 274. The van der Waals surface area contributed by atoms with Gasteiger partial charge >= 0.3 is 0 Å². The summed E-state index contributed by atoms with van der Waals surface area (Å²) in [6, 6.07) is 0. The van der Waals surface area contributed by atoms with Gasteiger partial charge < -0.3 is 0 Å². The number of carbonyl (C=O) groups is 1. The van der Waals surface area contributed by atoms with Crippen LogP contribution in [0.15, 0.2) is 6.20 Å². The number of carbonyl (C=O) groups excluding carboxylic acids is 1. The number of ketones is 1. The minimum absolute atomic E-state index is 0.0579. The second-order valence-corrected chi connectivity index (χ2v) is 3.05. The Morgan fingerprint density at radius 2 is 2.42 bits per heavy atom. The molecule has 0 amide bonds. The molecule has 0 aliphatic heterocycles. The number of aryl methyl sites for hydroxylation is 1. The van der Waals surface area contributed by atoms with Crippen LogP contribution in [0.25, 0.3) is 0 Å². The summed E-state index contributed by atoms with van der Waals surface area (Å²) in [6.07, 6.45) is 2.85. The lowest BCUT2D eigenvalue weighted by atomic mass is 10.2. The van der Waals surface area contributed by atoms with Gasteiger partial charge in [-0.1, -0.05) is 18.5 Å². The van der Waals surface area contributed by atoms with Crippen molar-refractivity contribution < 1.29 is 4.79 Å². The largest absolute Gasteiger partial charge is 0.292 e. The van der Waals surface area contributed by atoms with Crippen molar-refractivity contribution in [3.8, 4) is 0 Å². The van der Waals surface area contributed by atoms with E-state index in [-0.39, 0.29) is 5.78 Å². The highest BCUT2D eigenvalue weighted by Gasteiger charge is 2.13. The van der Waals surface area contributed by atoms with Crippen LogP contribution < -0.4 is 0 Å². The van der Waals surface area contributed by atoms with Crippen LogP contribution in [-0.4, -0.2) is 15.6 Å². The number of hydrogen-bond donors (Lipinski definition) is 0. The van der Waals surface area contributed by atoms with Crippen molar-refractivity contribution in [2.45, 2.75) is 19.8 Å². The average molecular weight is 187 g/mol. The maximum atomic E-state index is 11.4. The minimum Gasteiger partial charge on any atom is -0.292 e. The summed E-state index contributed by atoms with van der Waals surface area (Å²) in [4.78, 5) is 11.4. The molecule has 0 aliphatic rings. The number of Topliss-reactive ketones (excluding diaryl/α,β-unsaturated/α-hetero) is 1. The van der Waals surface area contributed by atoms with Crippen molar-refractivity contribution in [2.24, 2.45) is 7.05 Å². The molecule has 66 valence electrons. The van der Waals surface area contributed by atoms with Gasteiger partial charge in [-0.05, 0) is 6.42 Å². The Morgan fingerprint density at radius 1 is 1.75 bits per heavy atom. The van der Waals surface area contributed by atoms with Gasteiger partial charge in [-0.3, -0.25) is 9.48 Å². The van der Waals surface area contributed by atoms with E-state index in [1.807, 2.05) is 6.92 Å². The lowest BCUT2D eigenvalue weighted by molar-refractivity contribution is 0.0973. The average Bonchev–Trinajstić information content (AvgIpc) is 2.32. The van der Waals surface area contributed by atoms with Gasteiger partial charge in [0.1, 0.15) is 5.69 Å². The first-order valence-electron chi connectivity index (χ1n) is 3.87. The first-order valence-corrected chi connectivity index (χ1v) is 4.25. The molecule has 0 aliphatic carbocycles. The van der Waals surface area contributed by atoms with Crippen molar-refractivity contribution in [2.75, 3.05) is 0 Å². The van der Waals surface area contributed by atoms with Crippen LogP contribution in [0.3, 0.4) is 0 Å². The first kappa shape index (κ1) is 9.26. The molecule has 1 aromatic rings. The Morgan fingerprint density at radius 3 is 2.83 bits per heavy atom. The van der Waals surface area contributed by atoms with E-state index in [1.165, 1.54) is 10.9 Å². The molecule has 3 nitrogen and oxygen atoms in total. The van der Waals surface area contributed by atoms with Crippen LogP contribution in [0, 0.1) is 0 Å². The van der Waals surface area contributed by atoms with Crippen LogP contribution in [0.2, 0.25) is 5.02 Å².